The number of carbonyl (C=O) groups excluding carboxylic acids is 1. The lowest BCUT2D eigenvalue weighted by molar-refractivity contribution is 0.0698. The van der Waals surface area contributed by atoms with Crippen LogP contribution in [0.25, 0.3) is 11.0 Å². The van der Waals surface area contributed by atoms with Crippen molar-refractivity contribution in [3.63, 3.8) is 0 Å². The minimum absolute atomic E-state index is 0.0172. The highest BCUT2D eigenvalue weighted by atomic mass is 16.3. The van der Waals surface area contributed by atoms with Gasteiger partial charge in [0, 0.05) is 6.07 Å². The Morgan fingerprint density at radius 1 is 1.24 bits per heavy atom. The second-order valence-corrected chi connectivity index (χ2v) is 5.40. The van der Waals surface area contributed by atoms with Crippen LogP contribution in [0.2, 0.25) is 0 Å². The summed E-state index contributed by atoms with van der Waals surface area (Å²) in [6.45, 7) is 0. The van der Waals surface area contributed by atoms with E-state index in [-0.39, 0.29) is 17.2 Å². The van der Waals surface area contributed by atoms with Crippen LogP contribution >= 0.6 is 0 Å². The molecule has 1 aliphatic rings. The van der Waals surface area contributed by atoms with Crippen LogP contribution in [0.5, 0.6) is 0 Å². The van der Waals surface area contributed by atoms with Gasteiger partial charge < -0.3 is 14.8 Å². The van der Waals surface area contributed by atoms with E-state index in [9.17, 15) is 14.7 Å². The number of hydrogen-bond donors (Lipinski definition) is 2. The summed E-state index contributed by atoms with van der Waals surface area (Å²) < 4.78 is 5.49. The fraction of sp³-hybridized carbons (Fsp3) is 0.375. The van der Waals surface area contributed by atoms with Gasteiger partial charge >= 0.3 is 0 Å². The van der Waals surface area contributed by atoms with Crippen molar-refractivity contribution in [3.05, 3.63) is 46.3 Å². The van der Waals surface area contributed by atoms with Crippen molar-refractivity contribution < 1.29 is 14.3 Å². The molecule has 21 heavy (non-hydrogen) atoms. The normalized spacial score (nSPS) is 22.1. The third kappa shape index (κ3) is 2.83. The lowest BCUT2D eigenvalue weighted by Gasteiger charge is -2.28. The quantitative estimate of drug-likeness (QED) is 0.883. The van der Waals surface area contributed by atoms with Crippen LogP contribution in [0.15, 0.2) is 39.5 Å². The fourth-order valence-corrected chi connectivity index (χ4v) is 2.74. The van der Waals surface area contributed by atoms with Crippen LogP contribution < -0.4 is 10.7 Å². The first-order valence-electron chi connectivity index (χ1n) is 7.17. The number of aliphatic hydroxyl groups is 1. The molecule has 1 heterocycles. The molecule has 0 saturated heterocycles. The predicted molar refractivity (Wildman–Crippen MR) is 78.2 cm³/mol. The molecule has 0 unspecified atom stereocenters. The molecule has 5 nitrogen and oxygen atoms in total. The fourth-order valence-electron chi connectivity index (χ4n) is 2.74. The van der Waals surface area contributed by atoms with Crippen molar-refractivity contribution in [2.45, 2.75) is 37.8 Å². The van der Waals surface area contributed by atoms with E-state index in [2.05, 4.69) is 5.32 Å². The van der Waals surface area contributed by atoms with Crippen molar-refractivity contribution in [2.24, 2.45) is 0 Å². The molecular weight excluding hydrogens is 270 g/mol. The smallest absolute Gasteiger partial charge is 0.287 e. The standard InChI is InChI=1S/C16H17NO4/c18-12-7-3-2-6-11(12)17-16(20)15-9-13(19)10-5-1-4-8-14(10)21-15/h1,4-5,8-9,11-12,18H,2-3,6-7H2,(H,17,20)/t11-,12-/m0/s1. The Balaban J connectivity index is 1.86. The van der Waals surface area contributed by atoms with Crippen molar-refractivity contribution in [2.75, 3.05) is 0 Å². The number of amides is 1. The van der Waals surface area contributed by atoms with E-state index in [1.165, 1.54) is 6.07 Å². The summed E-state index contributed by atoms with van der Waals surface area (Å²) in [5.41, 5.74) is 0.144. The maximum Gasteiger partial charge on any atom is 0.287 e. The molecule has 1 fully saturated rings. The molecule has 1 aromatic carbocycles. The second-order valence-electron chi connectivity index (χ2n) is 5.40. The number of hydrogen-bond acceptors (Lipinski definition) is 4. The first-order chi connectivity index (χ1) is 10.1. The molecule has 1 aliphatic carbocycles. The second kappa shape index (κ2) is 5.69. The molecule has 2 aromatic rings. The summed E-state index contributed by atoms with van der Waals surface area (Å²) in [6.07, 6.45) is 2.84. The van der Waals surface area contributed by atoms with Gasteiger partial charge in [-0.1, -0.05) is 25.0 Å². The van der Waals surface area contributed by atoms with E-state index in [0.29, 0.717) is 17.4 Å². The van der Waals surface area contributed by atoms with Gasteiger partial charge in [0.1, 0.15) is 5.58 Å². The van der Waals surface area contributed by atoms with Crippen molar-refractivity contribution in [3.8, 4) is 0 Å². The summed E-state index contributed by atoms with van der Waals surface area (Å²) in [5.74, 6) is -0.472. The predicted octanol–water partition coefficient (Wildman–Crippen LogP) is 1.83. The van der Waals surface area contributed by atoms with Gasteiger partial charge in [0.05, 0.1) is 17.5 Å². The van der Waals surface area contributed by atoms with Gasteiger partial charge in [0.15, 0.2) is 11.2 Å². The number of fused-ring (bicyclic) bond motifs is 1. The molecule has 0 bridgehead atoms. The van der Waals surface area contributed by atoms with Gasteiger partial charge in [0.2, 0.25) is 0 Å². The van der Waals surface area contributed by atoms with Crippen LogP contribution in [0.4, 0.5) is 0 Å². The average Bonchev–Trinajstić information content (AvgIpc) is 2.49. The van der Waals surface area contributed by atoms with Crippen LogP contribution in [-0.4, -0.2) is 23.2 Å². The van der Waals surface area contributed by atoms with Gasteiger partial charge in [-0.05, 0) is 25.0 Å². The van der Waals surface area contributed by atoms with Crippen molar-refractivity contribution in [1.82, 2.24) is 5.32 Å². The Labute approximate surface area is 121 Å². The van der Waals surface area contributed by atoms with E-state index in [4.69, 9.17) is 4.42 Å². The Hall–Kier alpha value is -2.14. The summed E-state index contributed by atoms with van der Waals surface area (Å²) in [7, 11) is 0. The topological polar surface area (TPSA) is 79.5 Å². The number of carbonyl (C=O) groups is 1. The number of aliphatic hydroxyl groups excluding tert-OH is 1. The van der Waals surface area contributed by atoms with Gasteiger partial charge in [-0.25, -0.2) is 0 Å². The molecule has 0 radical (unpaired) electrons. The molecule has 1 aromatic heterocycles. The van der Waals surface area contributed by atoms with Crippen LogP contribution in [0.3, 0.4) is 0 Å². The highest BCUT2D eigenvalue weighted by molar-refractivity contribution is 5.93. The highest BCUT2D eigenvalue weighted by Crippen LogP contribution is 2.19. The summed E-state index contributed by atoms with van der Waals surface area (Å²) in [6, 6.07) is 7.74. The van der Waals surface area contributed by atoms with E-state index in [1.54, 1.807) is 24.3 Å². The molecule has 110 valence electrons. The molecule has 1 amide bonds. The molecule has 5 heteroatoms. The van der Waals surface area contributed by atoms with Gasteiger partial charge in [0.25, 0.3) is 5.91 Å². The maximum atomic E-state index is 12.2. The zero-order valence-electron chi connectivity index (χ0n) is 11.5. The Bertz CT molecular complexity index is 722. The molecule has 0 spiro atoms. The number of benzene rings is 1. The minimum atomic E-state index is -0.533. The maximum absolute atomic E-state index is 12.2. The van der Waals surface area contributed by atoms with Gasteiger partial charge in [-0.2, -0.15) is 0 Å². The Morgan fingerprint density at radius 2 is 2.00 bits per heavy atom. The summed E-state index contributed by atoms with van der Waals surface area (Å²) >= 11 is 0. The zero-order valence-corrected chi connectivity index (χ0v) is 11.5. The molecule has 0 aliphatic heterocycles. The molecule has 2 N–H and O–H groups in total. The van der Waals surface area contributed by atoms with E-state index in [0.717, 1.165) is 19.3 Å². The highest BCUT2D eigenvalue weighted by Gasteiger charge is 2.25. The van der Waals surface area contributed by atoms with E-state index in [1.807, 2.05) is 0 Å². The Kier molecular flexibility index (Phi) is 3.75. The van der Waals surface area contributed by atoms with E-state index >= 15 is 0 Å². The van der Waals surface area contributed by atoms with Crippen molar-refractivity contribution >= 4 is 16.9 Å². The van der Waals surface area contributed by atoms with Gasteiger partial charge in [-0.3, -0.25) is 9.59 Å². The molecule has 3 rings (SSSR count). The largest absolute Gasteiger partial charge is 0.451 e. The third-order valence-electron chi connectivity index (χ3n) is 3.90. The van der Waals surface area contributed by atoms with Gasteiger partial charge in [-0.15, -0.1) is 0 Å². The molecular formula is C16H17NO4. The molecule has 1 saturated carbocycles. The van der Waals surface area contributed by atoms with E-state index < -0.39 is 12.0 Å². The van der Waals surface area contributed by atoms with Crippen molar-refractivity contribution in [1.29, 1.82) is 0 Å². The minimum Gasteiger partial charge on any atom is -0.451 e. The summed E-state index contributed by atoms with van der Waals surface area (Å²) in [5, 5.41) is 13.1. The first-order valence-corrected chi connectivity index (χ1v) is 7.17. The van der Waals surface area contributed by atoms with Crippen LogP contribution in [0, 0.1) is 0 Å². The third-order valence-corrected chi connectivity index (χ3v) is 3.90. The Morgan fingerprint density at radius 3 is 2.81 bits per heavy atom. The summed E-state index contributed by atoms with van der Waals surface area (Å²) in [4.78, 5) is 24.2. The number of nitrogens with one attached hydrogen (secondary N) is 1. The zero-order chi connectivity index (χ0) is 14.8. The monoisotopic (exact) mass is 287 g/mol. The van der Waals surface area contributed by atoms with Crippen LogP contribution in [-0.2, 0) is 0 Å². The SMILES string of the molecule is O=C(N[C@H]1CCCC[C@@H]1O)c1cc(=O)c2ccccc2o1. The number of rotatable bonds is 2. The lowest BCUT2D eigenvalue weighted by Crippen LogP contribution is -2.45. The van der Waals surface area contributed by atoms with Crippen LogP contribution in [0.1, 0.15) is 36.2 Å². The lowest BCUT2D eigenvalue weighted by atomic mass is 9.92. The number of para-hydroxylation sites is 1. The average molecular weight is 287 g/mol. The molecule has 2 atom stereocenters. The first kappa shape index (κ1) is 13.8.